The van der Waals surface area contributed by atoms with Gasteiger partial charge in [0.2, 0.25) is 17.7 Å². The zero-order chi connectivity index (χ0) is 32.5. The first kappa shape index (κ1) is 37.8. The standard InChI is InChI=1S/C31H58N4O7/c1-13-20(6)27(34(10)30(38)25(18(2)3)32-29(37)26(19(4)5)33(8)9)23(41-11)17-24(36)35-16-14-15-22(35)28(42-12)21(7)31(39)40/h18-23,25-28H,13-17H2,1-12H3,(H,32,37)(H,39,40)/t20-,21+,22?,23+,25?,26?,27-,28+/m0/s1. The number of likely N-dealkylation sites (tertiary alicyclic amines) is 1. The zero-order valence-electron chi connectivity index (χ0n) is 28.0. The van der Waals surface area contributed by atoms with Gasteiger partial charge in [0.25, 0.3) is 0 Å². The Hall–Kier alpha value is -2.24. The fourth-order valence-corrected chi connectivity index (χ4v) is 6.40. The minimum Gasteiger partial charge on any atom is -0.481 e. The van der Waals surface area contributed by atoms with Crippen LogP contribution in [0, 0.1) is 23.7 Å². The van der Waals surface area contributed by atoms with Crippen molar-refractivity contribution in [3.63, 3.8) is 0 Å². The van der Waals surface area contributed by atoms with E-state index < -0.39 is 36.2 Å². The van der Waals surface area contributed by atoms with Crippen LogP contribution >= 0.6 is 0 Å². The molecule has 0 bridgehead atoms. The normalized spacial score (nSPS) is 20.6. The lowest BCUT2D eigenvalue weighted by Gasteiger charge is -2.41. The number of carbonyl (C=O) groups is 4. The second-order valence-electron chi connectivity index (χ2n) is 12.8. The van der Waals surface area contributed by atoms with E-state index >= 15 is 0 Å². The van der Waals surface area contributed by atoms with E-state index in [2.05, 4.69) is 5.32 Å². The molecule has 0 aromatic carbocycles. The lowest BCUT2D eigenvalue weighted by Crippen LogP contribution is -2.59. The number of nitrogens with zero attached hydrogens (tertiary/aromatic N) is 3. The predicted molar refractivity (Wildman–Crippen MR) is 163 cm³/mol. The van der Waals surface area contributed by atoms with Crippen molar-refractivity contribution in [2.45, 2.75) is 111 Å². The number of carboxylic acids is 1. The predicted octanol–water partition coefficient (Wildman–Crippen LogP) is 2.72. The molecule has 1 aliphatic heterocycles. The lowest BCUT2D eigenvalue weighted by molar-refractivity contribution is -0.152. The number of methoxy groups -OCH3 is 2. The number of carbonyl (C=O) groups excluding carboxylic acids is 3. The highest BCUT2D eigenvalue weighted by molar-refractivity contribution is 5.90. The molecule has 0 saturated carbocycles. The molecule has 0 aromatic heterocycles. The number of carboxylic acid groups (broad SMARTS) is 1. The van der Waals surface area contributed by atoms with Crippen molar-refractivity contribution in [3.05, 3.63) is 0 Å². The first-order chi connectivity index (χ1) is 19.5. The van der Waals surface area contributed by atoms with Crippen LogP contribution in [-0.4, -0.2) is 122 Å². The second-order valence-corrected chi connectivity index (χ2v) is 12.8. The summed E-state index contributed by atoms with van der Waals surface area (Å²) in [6.45, 7) is 13.9. The first-order valence-corrected chi connectivity index (χ1v) is 15.4. The fraction of sp³-hybridized carbons (Fsp3) is 0.871. The molecule has 8 atom stereocenters. The average Bonchev–Trinajstić information content (AvgIpc) is 3.39. The molecule has 2 N–H and O–H groups in total. The van der Waals surface area contributed by atoms with Crippen LogP contribution < -0.4 is 5.32 Å². The van der Waals surface area contributed by atoms with E-state index in [1.807, 2.05) is 60.5 Å². The average molecular weight is 599 g/mol. The van der Waals surface area contributed by atoms with Crippen LogP contribution in [0.15, 0.2) is 0 Å². The van der Waals surface area contributed by atoms with Crippen molar-refractivity contribution in [3.8, 4) is 0 Å². The summed E-state index contributed by atoms with van der Waals surface area (Å²) in [4.78, 5) is 57.9. The van der Waals surface area contributed by atoms with Crippen LogP contribution in [-0.2, 0) is 28.7 Å². The molecule has 1 aliphatic rings. The van der Waals surface area contributed by atoms with Gasteiger partial charge in [0, 0.05) is 27.8 Å². The van der Waals surface area contributed by atoms with Gasteiger partial charge in [-0.05, 0) is 51.6 Å². The van der Waals surface area contributed by atoms with Crippen molar-refractivity contribution < 1.29 is 33.8 Å². The topological polar surface area (TPSA) is 129 Å². The Morgan fingerprint density at radius 2 is 1.57 bits per heavy atom. The van der Waals surface area contributed by atoms with Gasteiger partial charge in [-0.2, -0.15) is 0 Å². The molecule has 1 rings (SSSR count). The Morgan fingerprint density at radius 3 is 2.00 bits per heavy atom. The molecular weight excluding hydrogens is 540 g/mol. The summed E-state index contributed by atoms with van der Waals surface area (Å²) in [5.41, 5.74) is 0. The van der Waals surface area contributed by atoms with Crippen LogP contribution in [0.2, 0.25) is 0 Å². The van der Waals surface area contributed by atoms with Crippen molar-refractivity contribution in [2.24, 2.45) is 23.7 Å². The lowest BCUT2D eigenvalue weighted by atomic mass is 9.89. The molecule has 1 fully saturated rings. The Labute approximate surface area is 253 Å². The quantitative estimate of drug-likeness (QED) is 0.262. The van der Waals surface area contributed by atoms with Crippen LogP contribution in [0.4, 0.5) is 0 Å². The van der Waals surface area contributed by atoms with E-state index in [0.29, 0.717) is 13.0 Å². The van der Waals surface area contributed by atoms with E-state index in [0.717, 1.165) is 12.8 Å². The molecule has 0 aromatic rings. The number of aliphatic carboxylic acids is 1. The molecule has 42 heavy (non-hydrogen) atoms. The zero-order valence-corrected chi connectivity index (χ0v) is 28.0. The molecule has 244 valence electrons. The highest BCUT2D eigenvalue weighted by Gasteiger charge is 2.43. The van der Waals surface area contributed by atoms with E-state index in [-0.39, 0.29) is 54.0 Å². The van der Waals surface area contributed by atoms with Crippen molar-refractivity contribution in [2.75, 3.05) is 41.9 Å². The first-order valence-electron chi connectivity index (χ1n) is 15.4. The highest BCUT2D eigenvalue weighted by Crippen LogP contribution is 2.29. The van der Waals surface area contributed by atoms with Gasteiger partial charge in [-0.3, -0.25) is 24.1 Å². The molecule has 11 heteroatoms. The monoisotopic (exact) mass is 598 g/mol. The summed E-state index contributed by atoms with van der Waals surface area (Å²) >= 11 is 0. The molecule has 0 spiro atoms. The summed E-state index contributed by atoms with van der Waals surface area (Å²) in [6, 6.07) is -1.90. The molecule has 3 amide bonds. The summed E-state index contributed by atoms with van der Waals surface area (Å²) < 4.78 is 11.5. The van der Waals surface area contributed by atoms with E-state index in [1.54, 1.807) is 30.9 Å². The van der Waals surface area contributed by atoms with Gasteiger partial charge in [-0.25, -0.2) is 0 Å². The van der Waals surface area contributed by atoms with E-state index in [4.69, 9.17) is 9.47 Å². The Bertz CT molecular complexity index is 889. The van der Waals surface area contributed by atoms with E-state index in [1.165, 1.54) is 7.11 Å². The number of nitrogens with one attached hydrogen (secondary N) is 1. The number of rotatable bonds is 17. The van der Waals surface area contributed by atoms with Crippen LogP contribution in [0.25, 0.3) is 0 Å². The summed E-state index contributed by atoms with van der Waals surface area (Å²) in [7, 11) is 8.45. The van der Waals surface area contributed by atoms with Crippen LogP contribution in [0.3, 0.4) is 0 Å². The Morgan fingerprint density at radius 1 is 0.976 bits per heavy atom. The Balaban J connectivity index is 3.26. The van der Waals surface area contributed by atoms with Crippen molar-refractivity contribution >= 4 is 23.7 Å². The number of amides is 3. The van der Waals surface area contributed by atoms with Gasteiger partial charge < -0.3 is 29.7 Å². The number of ether oxygens (including phenoxy) is 2. The molecular formula is C31H58N4O7. The minimum absolute atomic E-state index is 0.00136. The molecule has 1 heterocycles. The number of hydrogen-bond donors (Lipinski definition) is 2. The maximum absolute atomic E-state index is 14.0. The maximum Gasteiger partial charge on any atom is 0.308 e. The van der Waals surface area contributed by atoms with Gasteiger partial charge in [0.1, 0.15) is 6.04 Å². The van der Waals surface area contributed by atoms with E-state index in [9.17, 15) is 24.3 Å². The largest absolute Gasteiger partial charge is 0.481 e. The number of likely N-dealkylation sites (N-methyl/N-ethyl adjacent to an activating group) is 2. The minimum atomic E-state index is -0.968. The van der Waals surface area contributed by atoms with Gasteiger partial charge in [0.15, 0.2) is 0 Å². The molecule has 11 nitrogen and oxygen atoms in total. The summed E-state index contributed by atoms with van der Waals surface area (Å²) in [6.07, 6.45) is 0.970. The fourth-order valence-electron chi connectivity index (χ4n) is 6.40. The third-order valence-electron chi connectivity index (χ3n) is 8.92. The molecule has 3 unspecified atom stereocenters. The SMILES string of the molecule is CC[C@H](C)[C@@H]([C@@H](CC(=O)N1CCCC1[C@H](OC)[C@@H](C)C(=O)O)OC)N(C)C(=O)C(NC(=O)C(C(C)C)N(C)C)C(C)C. The summed E-state index contributed by atoms with van der Waals surface area (Å²) in [5.74, 6) is -2.42. The number of hydrogen-bond acceptors (Lipinski definition) is 7. The molecule has 0 aliphatic carbocycles. The highest BCUT2D eigenvalue weighted by atomic mass is 16.5. The smallest absolute Gasteiger partial charge is 0.308 e. The van der Waals surface area contributed by atoms with Gasteiger partial charge in [0.05, 0.1) is 42.7 Å². The van der Waals surface area contributed by atoms with Gasteiger partial charge in [-0.15, -0.1) is 0 Å². The third kappa shape index (κ3) is 9.38. The van der Waals surface area contributed by atoms with Gasteiger partial charge >= 0.3 is 5.97 Å². The Kier molecular flexibility index (Phi) is 15.4. The summed E-state index contributed by atoms with van der Waals surface area (Å²) in [5, 5.41) is 12.6. The molecule has 0 radical (unpaired) electrons. The second kappa shape index (κ2) is 17.2. The van der Waals surface area contributed by atoms with Crippen molar-refractivity contribution in [1.82, 2.24) is 20.0 Å². The third-order valence-corrected chi connectivity index (χ3v) is 8.92. The van der Waals surface area contributed by atoms with Crippen molar-refractivity contribution in [1.29, 1.82) is 0 Å². The van der Waals surface area contributed by atoms with Crippen LogP contribution in [0.1, 0.15) is 74.1 Å². The van der Waals surface area contributed by atoms with Gasteiger partial charge in [-0.1, -0.05) is 48.0 Å². The van der Waals surface area contributed by atoms with Crippen LogP contribution in [0.5, 0.6) is 0 Å². The molecule has 1 saturated heterocycles. The maximum atomic E-state index is 14.0.